The molecule has 1 spiro atoms. The lowest BCUT2D eigenvalue weighted by molar-refractivity contribution is 0.161. The van der Waals surface area contributed by atoms with Gasteiger partial charge in [-0.1, -0.05) is 25.7 Å². The smallest absolute Gasteiger partial charge is 0.0336 e. The van der Waals surface area contributed by atoms with Crippen molar-refractivity contribution in [2.75, 3.05) is 0 Å². The number of halogens is 1. The molecule has 0 aromatic carbocycles. The van der Waals surface area contributed by atoms with Crippen molar-refractivity contribution in [3.63, 3.8) is 0 Å². The second kappa shape index (κ2) is 5.37. The van der Waals surface area contributed by atoms with Crippen LogP contribution in [0.3, 0.4) is 0 Å². The van der Waals surface area contributed by atoms with Crippen molar-refractivity contribution in [2.45, 2.75) is 69.6 Å². The molecule has 0 aromatic rings. The summed E-state index contributed by atoms with van der Waals surface area (Å²) in [6, 6.07) is 0. The minimum absolute atomic E-state index is 0. The zero-order valence-corrected chi connectivity index (χ0v) is 9.99. The summed E-state index contributed by atoms with van der Waals surface area (Å²) in [6.07, 6.45) is 14.2. The van der Waals surface area contributed by atoms with Crippen LogP contribution >= 0.6 is 11.6 Å². The zero-order chi connectivity index (χ0) is 9.15. The van der Waals surface area contributed by atoms with E-state index in [-0.39, 0.29) is 6.15 Å². The SMILES string of the molecule is ClC1CCCC2(CCCCC2)CC1.N. The molecule has 2 aliphatic rings. The maximum atomic E-state index is 6.22. The van der Waals surface area contributed by atoms with Crippen molar-refractivity contribution >= 4 is 11.6 Å². The molecule has 0 bridgehead atoms. The van der Waals surface area contributed by atoms with Crippen LogP contribution in [0.1, 0.15) is 64.2 Å². The van der Waals surface area contributed by atoms with Gasteiger partial charge in [-0.25, -0.2) is 0 Å². The van der Waals surface area contributed by atoms with Gasteiger partial charge in [0.15, 0.2) is 0 Å². The molecule has 84 valence electrons. The molecule has 1 nitrogen and oxygen atoms in total. The van der Waals surface area contributed by atoms with Crippen LogP contribution in [-0.2, 0) is 0 Å². The van der Waals surface area contributed by atoms with Gasteiger partial charge in [0.2, 0.25) is 0 Å². The molecule has 2 aliphatic carbocycles. The first-order chi connectivity index (χ1) is 6.31. The Bertz CT molecular complexity index is 164. The average Bonchev–Trinajstić information content (AvgIpc) is 2.32. The zero-order valence-electron chi connectivity index (χ0n) is 9.23. The summed E-state index contributed by atoms with van der Waals surface area (Å²) in [4.78, 5) is 0. The van der Waals surface area contributed by atoms with E-state index in [1.165, 1.54) is 64.2 Å². The third-order valence-corrected chi connectivity index (χ3v) is 4.56. The largest absolute Gasteiger partial charge is 0.344 e. The highest BCUT2D eigenvalue weighted by molar-refractivity contribution is 6.20. The first kappa shape index (κ1) is 12.3. The Labute approximate surface area is 93.2 Å². The van der Waals surface area contributed by atoms with Gasteiger partial charge in [-0.2, -0.15) is 0 Å². The quantitative estimate of drug-likeness (QED) is 0.588. The normalized spacial score (nSPS) is 31.9. The molecule has 3 N–H and O–H groups in total. The van der Waals surface area contributed by atoms with Crippen molar-refractivity contribution in [3.05, 3.63) is 0 Å². The Morgan fingerprint density at radius 1 is 0.786 bits per heavy atom. The minimum Gasteiger partial charge on any atom is -0.344 e. The van der Waals surface area contributed by atoms with E-state index in [0.29, 0.717) is 5.38 Å². The molecular weight excluding hydrogens is 194 g/mol. The molecule has 0 radical (unpaired) electrons. The standard InChI is InChI=1S/C12H21Cl.H3N/c13-11-5-4-9-12(10-6-11)7-2-1-3-8-12;/h11H,1-10H2;1H3. The third kappa shape index (κ3) is 2.87. The van der Waals surface area contributed by atoms with Gasteiger partial charge < -0.3 is 6.15 Å². The van der Waals surface area contributed by atoms with E-state index in [1.54, 1.807) is 0 Å². The predicted molar refractivity (Wildman–Crippen MR) is 63.3 cm³/mol. The second-order valence-electron chi connectivity index (χ2n) is 5.09. The summed E-state index contributed by atoms with van der Waals surface area (Å²) < 4.78 is 0. The van der Waals surface area contributed by atoms with Gasteiger partial charge in [0.05, 0.1) is 0 Å². The second-order valence-corrected chi connectivity index (χ2v) is 5.71. The minimum atomic E-state index is 0. The summed E-state index contributed by atoms with van der Waals surface area (Å²) in [5.74, 6) is 0. The van der Waals surface area contributed by atoms with E-state index in [0.717, 1.165) is 5.41 Å². The number of hydrogen-bond acceptors (Lipinski definition) is 1. The summed E-state index contributed by atoms with van der Waals surface area (Å²) in [5.41, 5.74) is 0.738. The highest BCUT2D eigenvalue weighted by Crippen LogP contribution is 2.46. The maximum Gasteiger partial charge on any atom is 0.0336 e. The van der Waals surface area contributed by atoms with Crippen LogP contribution in [0.4, 0.5) is 0 Å². The molecule has 14 heavy (non-hydrogen) atoms. The third-order valence-electron chi connectivity index (χ3n) is 4.13. The van der Waals surface area contributed by atoms with Crippen LogP contribution in [0.25, 0.3) is 0 Å². The first-order valence-corrected chi connectivity index (χ1v) is 6.39. The van der Waals surface area contributed by atoms with Crippen LogP contribution in [0.15, 0.2) is 0 Å². The van der Waals surface area contributed by atoms with Crippen molar-refractivity contribution in [3.8, 4) is 0 Å². The maximum absolute atomic E-state index is 6.22. The topological polar surface area (TPSA) is 35.0 Å². The summed E-state index contributed by atoms with van der Waals surface area (Å²) in [7, 11) is 0. The molecule has 0 aromatic heterocycles. The summed E-state index contributed by atoms with van der Waals surface area (Å²) >= 11 is 6.22. The van der Waals surface area contributed by atoms with Crippen LogP contribution in [0.5, 0.6) is 0 Å². The highest BCUT2D eigenvalue weighted by Gasteiger charge is 2.33. The van der Waals surface area contributed by atoms with Gasteiger partial charge in [0.1, 0.15) is 0 Å². The molecule has 1 atom stereocenters. The average molecular weight is 218 g/mol. The van der Waals surface area contributed by atoms with E-state index in [1.807, 2.05) is 0 Å². The molecule has 2 rings (SSSR count). The van der Waals surface area contributed by atoms with Gasteiger partial charge in [0, 0.05) is 5.38 Å². The van der Waals surface area contributed by atoms with E-state index in [9.17, 15) is 0 Å². The fourth-order valence-corrected chi connectivity index (χ4v) is 3.50. The van der Waals surface area contributed by atoms with Crippen molar-refractivity contribution in [1.82, 2.24) is 6.15 Å². The van der Waals surface area contributed by atoms with Gasteiger partial charge in [-0.15, -0.1) is 11.6 Å². The van der Waals surface area contributed by atoms with Gasteiger partial charge in [-0.3, -0.25) is 0 Å². The fraction of sp³-hybridized carbons (Fsp3) is 1.00. The highest BCUT2D eigenvalue weighted by atomic mass is 35.5. The van der Waals surface area contributed by atoms with Crippen molar-refractivity contribution in [2.24, 2.45) is 5.41 Å². The van der Waals surface area contributed by atoms with Crippen molar-refractivity contribution < 1.29 is 0 Å². The molecule has 0 amide bonds. The lowest BCUT2D eigenvalue weighted by atomic mass is 9.69. The van der Waals surface area contributed by atoms with Gasteiger partial charge in [-0.05, 0) is 43.9 Å². The number of rotatable bonds is 0. The Kier molecular flexibility index (Phi) is 4.72. The van der Waals surface area contributed by atoms with Gasteiger partial charge in [0.25, 0.3) is 0 Å². The molecule has 0 saturated heterocycles. The summed E-state index contributed by atoms with van der Waals surface area (Å²) in [5, 5.41) is 0.487. The van der Waals surface area contributed by atoms with Crippen molar-refractivity contribution in [1.29, 1.82) is 0 Å². The number of hydrogen-bond donors (Lipinski definition) is 1. The molecule has 1 unspecified atom stereocenters. The van der Waals surface area contributed by atoms with Crippen LogP contribution in [0, 0.1) is 5.41 Å². The molecular formula is C12H24ClN. The summed E-state index contributed by atoms with van der Waals surface area (Å²) in [6.45, 7) is 0. The Hall–Kier alpha value is 0.250. The monoisotopic (exact) mass is 217 g/mol. The predicted octanol–water partition coefficient (Wildman–Crippen LogP) is 4.67. The lowest BCUT2D eigenvalue weighted by Gasteiger charge is -2.36. The van der Waals surface area contributed by atoms with Gasteiger partial charge >= 0.3 is 0 Å². The Morgan fingerprint density at radius 2 is 1.43 bits per heavy atom. The fourth-order valence-electron chi connectivity index (χ4n) is 3.23. The molecule has 0 aliphatic heterocycles. The molecule has 2 heteroatoms. The lowest BCUT2D eigenvalue weighted by Crippen LogP contribution is -2.23. The van der Waals surface area contributed by atoms with Crippen LogP contribution in [-0.4, -0.2) is 5.38 Å². The van der Waals surface area contributed by atoms with E-state index < -0.39 is 0 Å². The molecule has 2 fully saturated rings. The van der Waals surface area contributed by atoms with Crippen LogP contribution in [0.2, 0.25) is 0 Å². The Balaban J connectivity index is 0.000000980. The van der Waals surface area contributed by atoms with E-state index >= 15 is 0 Å². The van der Waals surface area contributed by atoms with E-state index in [2.05, 4.69) is 0 Å². The van der Waals surface area contributed by atoms with E-state index in [4.69, 9.17) is 11.6 Å². The first-order valence-electron chi connectivity index (χ1n) is 5.95. The molecule has 0 heterocycles. The molecule has 2 saturated carbocycles. The van der Waals surface area contributed by atoms with Crippen LogP contribution < -0.4 is 6.15 Å². The number of alkyl halides is 1. The Morgan fingerprint density at radius 3 is 2.14 bits per heavy atom.